The summed E-state index contributed by atoms with van der Waals surface area (Å²) in [6, 6.07) is 2.09. The second kappa shape index (κ2) is 3.97. The lowest BCUT2D eigenvalue weighted by Gasteiger charge is -2.34. The summed E-state index contributed by atoms with van der Waals surface area (Å²) in [6.45, 7) is 2.32. The number of hydrogen-bond acceptors (Lipinski definition) is 3. The number of rotatable bonds is 2. The second-order valence-electron chi connectivity index (χ2n) is 5.62. The summed E-state index contributed by atoms with van der Waals surface area (Å²) in [5.74, 6) is 3.01. The first-order valence-corrected chi connectivity index (χ1v) is 6.95. The molecular formula is C14H18N4. The predicted molar refractivity (Wildman–Crippen MR) is 71.5 cm³/mol. The molecule has 4 rings (SSSR count). The number of aromatic amines is 1. The van der Waals surface area contributed by atoms with Crippen molar-refractivity contribution in [3.8, 4) is 0 Å². The molecule has 1 unspecified atom stereocenters. The summed E-state index contributed by atoms with van der Waals surface area (Å²) in [5.41, 5.74) is 0.952. The van der Waals surface area contributed by atoms with Crippen LogP contribution >= 0.6 is 0 Å². The van der Waals surface area contributed by atoms with Crippen molar-refractivity contribution in [1.82, 2.24) is 15.0 Å². The Hall–Kier alpha value is -1.58. The summed E-state index contributed by atoms with van der Waals surface area (Å²) >= 11 is 0. The molecule has 1 saturated carbocycles. The molecule has 1 N–H and O–H groups in total. The molecule has 1 saturated heterocycles. The zero-order valence-electron chi connectivity index (χ0n) is 10.5. The van der Waals surface area contributed by atoms with E-state index in [2.05, 4.69) is 25.9 Å². The number of aromatic nitrogens is 3. The summed E-state index contributed by atoms with van der Waals surface area (Å²) in [4.78, 5) is 14.4. The Bertz CT molecular complexity index is 558. The van der Waals surface area contributed by atoms with Crippen LogP contribution in [-0.2, 0) is 0 Å². The fraction of sp³-hybridized carbons (Fsp3) is 0.571. The minimum absolute atomic E-state index is 0.891. The molecule has 1 aliphatic carbocycles. The molecule has 0 amide bonds. The van der Waals surface area contributed by atoms with Gasteiger partial charge in [0.1, 0.15) is 17.8 Å². The Morgan fingerprint density at radius 2 is 2.11 bits per heavy atom. The van der Waals surface area contributed by atoms with Gasteiger partial charge < -0.3 is 9.88 Å². The van der Waals surface area contributed by atoms with Gasteiger partial charge in [0.25, 0.3) is 0 Å². The molecule has 2 aliphatic rings. The monoisotopic (exact) mass is 242 g/mol. The van der Waals surface area contributed by atoms with E-state index < -0.39 is 0 Å². The van der Waals surface area contributed by atoms with Gasteiger partial charge in [-0.3, -0.25) is 0 Å². The van der Waals surface area contributed by atoms with E-state index in [0.29, 0.717) is 0 Å². The number of nitrogens with zero attached hydrogens (tertiary/aromatic N) is 3. The molecule has 0 bridgehead atoms. The Kier molecular flexibility index (Phi) is 2.28. The second-order valence-corrected chi connectivity index (χ2v) is 5.62. The first-order chi connectivity index (χ1) is 8.92. The van der Waals surface area contributed by atoms with Crippen LogP contribution in [0, 0.1) is 11.8 Å². The molecule has 2 aromatic heterocycles. The fourth-order valence-corrected chi connectivity index (χ4v) is 3.27. The molecule has 1 atom stereocenters. The average Bonchev–Trinajstić information content (AvgIpc) is 3.16. The third kappa shape index (κ3) is 1.67. The van der Waals surface area contributed by atoms with Crippen molar-refractivity contribution in [1.29, 1.82) is 0 Å². The molecule has 94 valence electrons. The van der Waals surface area contributed by atoms with Gasteiger partial charge >= 0.3 is 0 Å². The Morgan fingerprint density at radius 3 is 3.00 bits per heavy atom. The van der Waals surface area contributed by atoms with Crippen molar-refractivity contribution in [3.05, 3.63) is 18.6 Å². The number of anilines is 1. The van der Waals surface area contributed by atoms with Crippen molar-refractivity contribution >= 4 is 16.9 Å². The van der Waals surface area contributed by atoms with E-state index in [9.17, 15) is 0 Å². The van der Waals surface area contributed by atoms with E-state index in [-0.39, 0.29) is 0 Å². The molecule has 2 fully saturated rings. The van der Waals surface area contributed by atoms with Crippen LogP contribution in [-0.4, -0.2) is 28.0 Å². The highest BCUT2D eigenvalue weighted by molar-refractivity contribution is 5.87. The van der Waals surface area contributed by atoms with Gasteiger partial charge in [-0.05, 0) is 43.6 Å². The standard InChI is InChI=1S/C14H18N4/c1-2-11(10-3-4-10)8-18(7-1)14-12-5-6-15-13(12)16-9-17-14/h5-6,9-11H,1-4,7-8H2,(H,15,16,17). The molecule has 4 nitrogen and oxygen atoms in total. The number of nitrogens with one attached hydrogen (secondary N) is 1. The summed E-state index contributed by atoms with van der Waals surface area (Å²) in [6.07, 6.45) is 9.23. The smallest absolute Gasteiger partial charge is 0.142 e. The number of hydrogen-bond donors (Lipinski definition) is 1. The van der Waals surface area contributed by atoms with Crippen LogP contribution in [0.4, 0.5) is 5.82 Å². The third-order valence-corrected chi connectivity index (χ3v) is 4.38. The normalized spacial score (nSPS) is 24.7. The van der Waals surface area contributed by atoms with E-state index in [1.807, 2.05) is 6.20 Å². The minimum Gasteiger partial charge on any atom is -0.356 e. The van der Waals surface area contributed by atoms with Crippen LogP contribution in [0.25, 0.3) is 11.0 Å². The van der Waals surface area contributed by atoms with Gasteiger partial charge in [0.15, 0.2) is 0 Å². The topological polar surface area (TPSA) is 44.8 Å². The summed E-state index contributed by atoms with van der Waals surface area (Å²) in [7, 11) is 0. The molecule has 1 aliphatic heterocycles. The quantitative estimate of drug-likeness (QED) is 0.880. The molecule has 4 heteroatoms. The van der Waals surface area contributed by atoms with Crippen molar-refractivity contribution in [2.24, 2.45) is 11.8 Å². The van der Waals surface area contributed by atoms with E-state index in [1.165, 1.54) is 32.2 Å². The van der Waals surface area contributed by atoms with E-state index in [1.54, 1.807) is 6.33 Å². The fourth-order valence-electron chi connectivity index (χ4n) is 3.27. The zero-order chi connectivity index (χ0) is 11.9. The molecule has 0 radical (unpaired) electrons. The van der Waals surface area contributed by atoms with Gasteiger partial charge in [0.05, 0.1) is 5.39 Å². The van der Waals surface area contributed by atoms with Crippen molar-refractivity contribution in [3.63, 3.8) is 0 Å². The Morgan fingerprint density at radius 1 is 1.17 bits per heavy atom. The molecule has 3 heterocycles. The van der Waals surface area contributed by atoms with Crippen LogP contribution in [0.5, 0.6) is 0 Å². The van der Waals surface area contributed by atoms with Gasteiger partial charge in [-0.25, -0.2) is 9.97 Å². The zero-order valence-corrected chi connectivity index (χ0v) is 10.5. The third-order valence-electron chi connectivity index (χ3n) is 4.38. The van der Waals surface area contributed by atoms with Crippen LogP contribution in [0.3, 0.4) is 0 Å². The first-order valence-electron chi connectivity index (χ1n) is 6.95. The molecule has 0 spiro atoms. The minimum atomic E-state index is 0.891. The van der Waals surface area contributed by atoms with Gasteiger partial charge in [-0.15, -0.1) is 0 Å². The van der Waals surface area contributed by atoms with E-state index >= 15 is 0 Å². The van der Waals surface area contributed by atoms with Crippen molar-refractivity contribution in [2.75, 3.05) is 18.0 Å². The first kappa shape index (κ1) is 10.4. The maximum absolute atomic E-state index is 4.51. The lowest BCUT2D eigenvalue weighted by atomic mass is 9.93. The number of H-pyrrole nitrogens is 1. The van der Waals surface area contributed by atoms with Crippen molar-refractivity contribution in [2.45, 2.75) is 25.7 Å². The van der Waals surface area contributed by atoms with Gasteiger partial charge in [-0.1, -0.05) is 0 Å². The molecule has 18 heavy (non-hydrogen) atoms. The lowest BCUT2D eigenvalue weighted by Crippen LogP contribution is -2.36. The van der Waals surface area contributed by atoms with Crippen molar-refractivity contribution < 1.29 is 0 Å². The predicted octanol–water partition coefficient (Wildman–Crippen LogP) is 2.58. The SMILES string of the molecule is c1nc(N2CCCC(C3CC3)C2)c2cc[nH]c2n1. The summed E-state index contributed by atoms with van der Waals surface area (Å²) < 4.78 is 0. The molecular weight excluding hydrogens is 224 g/mol. The summed E-state index contributed by atoms with van der Waals surface area (Å²) in [5, 5.41) is 1.16. The van der Waals surface area contributed by atoms with Gasteiger partial charge in [-0.2, -0.15) is 0 Å². The molecule has 0 aromatic carbocycles. The van der Waals surface area contributed by atoms with Crippen LogP contribution in [0.15, 0.2) is 18.6 Å². The van der Waals surface area contributed by atoms with Crippen LogP contribution < -0.4 is 4.90 Å². The number of fused-ring (bicyclic) bond motifs is 1. The number of piperidine rings is 1. The molecule has 2 aromatic rings. The van der Waals surface area contributed by atoms with Gasteiger partial charge in [0, 0.05) is 19.3 Å². The largest absolute Gasteiger partial charge is 0.356 e. The maximum atomic E-state index is 4.51. The highest BCUT2D eigenvalue weighted by Gasteiger charge is 2.34. The Balaban J connectivity index is 1.66. The highest BCUT2D eigenvalue weighted by atomic mass is 15.2. The van der Waals surface area contributed by atoms with Crippen LogP contribution in [0.2, 0.25) is 0 Å². The van der Waals surface area contributed by atoms with Crippen LogP contribution in [0.1, 0.15) is 25.7 Å². The average molecular weight is 242 g/mol. The highest BCUT2D eigenvalue weighted by Crippen LogP contribution is 2.41. The lowest BCUT2D eigenvalue weighted by molar-refractivity contribution is 0.372. The maximum Gasteiger partial charge on any atom is 0.142 e. The van der Waals surface area contributed by atoms with E-state index in [0.717, 1.165) is 35.2 Å². The van der Waals surface area contributed by atoms with E-state index in [4.69, 9.17) is 0 Å². The Labute approximate surface area is 106 Å². The van der Waals surface area contributed by atoms with Gasteiger partial charge in [0.2, 0.25) is 0 Å².